The molecule has 0 aliphatic heterocycles. The van der Waals surface area contributed by atoms with Gasteiger partial charge in [0, 0.05) is 16.7 Å². The van der Waals surface area contributed by atoms with E-state index >= 15 is 0 Å². The highest BCUT2D eigenvalue weighted by Crippen LogP contribution is 2.26. The maximum atomic E-state index is 12.7. The first-order valence-electron chi connectivity index (χ1n) is 7.94. The summed E-state index contributed by atoms with van der Waals surface area (Å²) >= 11 is 0. The van der Waals surface area contributed by atoms with Gasteiger partial charge in [-0.3, -0.25) is 4.79 Å². The van der Waals surface area contributed by atoms with Crippen molar-refractivity contribution < 1.29 is 19.1 Å². The van der Waals surface area contributed by atoms with Crippen LogP contribution in [0.25, 0.3) is 0 Å². The van der Waals surface area contributed by atoms with Gasteiger partial charge in [0.05, 0.1) is 0 Å². The number of hydrogen-bond acceptors (Lipinski definition) is 4. The highest BCUT2D eigenvalue weighted by Gasteiger charge is 2.21. The Bertz CT molecular complexity index is 727. The van der Waals surface area contributed by atoms with Crippen LogP contribution in [0.5, 0.6) is 5.75 Å². The molecule has 4 nitrogen and oxygen atoms in total. The molecule has 2 aromatic carbocycles. The summed E-state index contributed by atoms with van der Waals surface area (Å²) in [6.45, 7) is 7.22. The summed E-state index contributed by atoms with van der Waals surface area (Å²) in [6.07, 6.45) is -0.214. The van der Waals surface area contributed by atoms with E-state index in [1.165, 1.54) is 0 Å². The molecule has 0 spiro atoms. The van der Waals surface area contributed by atoms with E-state index in [0.29, 0.717) is 28.9 Å². The quantitative estimate of drug-likeness (QED) is 0.460. The minimum atomic E-state index is -0.776. The fourth-order valence-electron chi connectivity index (χ4n) is 2.34. The number of ketones is 1. The Kier molecular flexibility index (Phi) is 5.39. The lowest BCUT2D eigenvalue weighted by Gasteiger charge is -2.19. The van der Waals surface area contributed by atoms with Crippen molar-refractivity contribution in [3.05, 3.63) is 65.2 Å². The highest BCUT2D eigenvalue weighted by molar-refractivity contribution is 6.10. The maximum absolute atomic E-state index is 12.7. The van der Waals surface area contributed by atoms with Crippen LogP contribution in [0.2, 0.25) is 0 Å². The van der Waals surface area contributed by atoms with Crippen LogP contribution in [-0.2, 0) is 11.2 Å². The molecule has 2 aromatic rings. The Labute approximate surface area is 142 Å². The molecule has 0 heterocycles. The number of ether oxygens (including phenoxy) is 2. The molecule has 0 amide bonds. The molecule has 0 bridgehead atoms. The topological polar surface area (TPSA) is 52.6 Å². The smallest absolute Gasteiger partial charge is 0.428 e. The van der Waals surface area contributed by atoms with Crippen molar-refractivity contribution in [1.82, 2.24) is 0 Å². The molecule has 0 N–H and O–H groups in total. The normalized spacial score (nSPS) is 11.0. The zero-order chi connectivity index (χ0) is 17.7. The molecule has 0 aromatic heterocycles. The standard InChI is InChI=1S/C20H22O4/c1-5-15-16(18(21)14-10-7-6-8-11-14)12-9-13-17(15)23-19(22)24-20(2,3)4/h6-13H,5H2,1-4H3. The summed E-state index contributed by atoms with van der Waals surface area (Å²) in [7, 11) is 0. The Morgan fingerprint density at radius 3 is 2.21 bits per heavy atom. The van der Waals surface area contributed by atoms with Gasteiger partial charge >= 0.3 is 6.16 Å². The molecule has 0 aliphatic rings. The van der Waals surface area contributed by atoms with Crippen LogP contribution < -0.4 is 4.74 Å². The number of rotatable bonds is 4. The van der Waals surface area contributed by atoms with Crippen LogP contribution in [-0.4, -0.2) is 17.5 Å². The predicted octanol–water partition coefficient (Wildman–Crippen LogP) is 4.79. The van der Waals surface area contributed by atoms with Crippen molar-refractivity contribution in [3.63, 3.8) is 0 Å². The largest absolute Gasteiger partial charge is 0.514 e. The van der Waals surface area contributed by atoms with Gasteiger partial charge in [0.2, 0.25) is 0 Å². The molecule has 4 heteroatoms. The van der Waals surface area contributed by atoms with Gasteiger partial charge in [0.1, 0.15) is 11.4 Å². The third kappa shape index (κ3) is 4.44. The van der Waals surface area contributed by atoms with Gasteiger partial charge in [-0.2, -0.15) is 0 Å². The summed E-state index contributed by atoms with van der Waals surface area (Å²) < 4.78 is 10.5. The molecular formula is C20H22O4. The lowest BCUT2D eigenvalue weighted by molar-refractivity contribution is 0.0204. The van der Waals surface area contributed by atoms with E-state index in [0.717, 1.165) is 0 Å². The number of carbonyl (C=O) groups excluding carboxylic acids is 2. The molecular weight excluding hydrogens is 304 g/mol. The summed E-state index contributed by atoms with van der Waals surface area (Å²) in [6, 6.07) is 14.2. The fraction of sp³-hybridized carbons (Fsp3) is 0.300. The van der Waals surface area contributed by atoms with E-state index in [9.17, 15) is 9.59 Å². The first kappa shape index (κ1) is 17.7. The van der Waals surface area contributed by atoms with Gasteiger partial charge in [0.25, 0.3) is 0 Å². The van der Waals surface area contributed by atoms with Gasteiger partial charge < -0.3 is 9.47 Å². The van der Waals surface area contributed by atoms with Gasteiger partial charge in [-0.1, -0.05) is 49.4 Å². The predicted molar refractivity (Wildman–Crippen MR) is 92.6 cm³/mol. The lowest BCUT2D eigenvalue weighted by Crippen LogP contribution is -2.26. The minimum absolute atomic E-state index is 0.0953. The van der Waals surface area contributed by atoms with Crippen molar-refractivity contribution >= 4 is 11.9 Å². The molecule has 2 rings (SSSR count). The number of hydrogen-bond donors (Lipinski definition) is 0. The van der Waals surface area contributed by atoms with Crippen molar-refractivity contribution in [1.29, 1.82) is 0 Å². The zero-order valence-corrected chi connectivity index (χ0v) is 14.5. The molecule has 0 aliphatic carbocycles. The van der Waals surface area contributed by atoms with Crippen LogP contribution in [0.15, 0.2) is 48.5 Å². The molecule has 0 saturated carbocycles. The third-order valence-electron chi connectivity index (χ3n) is 3.35. The SMILES string of the molecule is CCc1c(OC(=O)OC(C)(C)C)cccc1C(=O)c1ccccc1. The monoisotopic (exact) mass is 326 g/mol. The summed E-state index contributed by atoms with van der Waals surface area (Å²) in [5.74, 6) is 0.260. The molecule has 0 fully saturated rings. The third-order valence-corrected chi connectivity index (χ3v) is 3.35. The Morgan fingerprint density at radius 2 is 1.62 bits per heavy atom. The second-order valence-corrected chi connectivity index (χ2v) is 6.40. The van der Waals surface area contributed by atoms with Gasteiger partial charge in [0.15, 0.2) is 5.78 Å². The van der Waals surface area contributed by atoms with Crippen LogP contribution in [0.4, 0.5) is 4.79 Å². The molecule has 0 atom stereocenters. The first-order chi connectivity index (χ1) is 11.3. The molecule has 0 unspecified atom stereocenters. The van der Waals surface area contributed by atoms with E-state index in [1.54, 1.807) is 51.1 Å². The second-order valence-electron chi connectivity index (χ2n) is 6.40. The van der Waals surface area contributed by atoms with Crippen molar-refractivity contribution in [3.8, 4) is 5.75 Å². The maximum Gasteiger partial charge on any atom is 0.514 e. The molecule has 0 radical (unpaired) electrons. The number of benzene rings is 2. The van der Waals surface area contributed by atoms with E-state index in [4.69, 9.17) is 9.47 Å². The van der Waals surface area contributed by atoms with Crippen molar-refractivity contribution in [2.24, 2.45) is 0 Å². The summed E-state index contributed by atoms with van der Waals surface area (Å²) in [5.41, 5.74) is 1.18. The summed E-state index contributed by atoms with van der Waals surface area (Å²) in [4.78, 5) is 24.6. The Balaban J connectivity index is 2.32. The Morgan fingerprint density at radius 1 is 0.958 bits per heavy atom. The fourth-order valence-corrected chi connectivity index (χ4v) is 2.34. The van der Waals surface area contributed by atoms with Crippen LogP contribution >= 0.6 is 0 Å². The average molecular weight is 326 g/mol. The van der Waals surface area contributed by atoms with E-state index in [1.807, 2.05) is 25.1 Å². The van der Waals surface area contributed by atoms with Crippen molar-refractivity contribution in [2.45, 2.75) is 39.7 Å². The average Bonchev–Trinajstić information content (AvgIpc) is 2.53. The second kappa shape index (κ2) is 7.30. The van der Waals surface area contributed by atoms with Crippen LogP contribution in [0, 0.1) is 0 Å². The minimum Gasteiger partial charge on any atom is -0.428 e. The van der Waals surface area contributed by atoms with Crippen molar-refractivity contribution in [2.75, 3.05) is 0 Å². The number of carbonyl (C=O) groups is 2. The highest BCUT2D eigenvalue weighted by atomic mass is 16.7. The molecule has 0 saturated heterocycles. The van der Waals surface area contributed by atoms with E-state index in [-0.39, 0.29) is 5.78 Å². The van der Waals surface area contributed by atoms with Crippen LogP contribution in [0.1, 0.15) is 49.2 Å². The molecule has 24 heavy (non-hydrogen) atoms. The van der Waals surface area contributed by atoms with Crippen LogP contribution in [0.3, 0.4) is 0 Å². The first-order valence-corrected chi connectivity index (χ1v) is 7.94. The Hall–Kier alpha value is -2.62. The zero-order valence-electron chi connectivity index (χ0n) is 14.5. The van der Waals surface area contributed by atoms with Gasteiger partial charge in [-0.15, -0.1) is 0 Å². The van der Waals surface area contributed by atoms with E-state index in [2.05, 4.69) is 0 Å². The summed E-state index contributed by atoms with van der Waals surface area (Å²) in [5, 5.41) is 0. The van der Waals surface area contributed by atoms with Gasteiger partial charge in [-0.25, -0.2) is 4.79 Å². The molecule has 126 valence electrons. The van der Waals surface area contributed by atoms with E-state index < -0.39 is 11.8 Å². The van der Waals surface area contributed by atoms with Gasteiger partial charge in [-0.05, 0) is 33.3 Å². The lowest BCUT2D eigenvalue weighted by atomic mass is 9.96.